The van der Waals surface area contributed by atoms with Crippen LogP contribution in [0.15, 0.2) is 11.4 Å². The average Bonchev–Trinajstić information content (AvgIpc) is 2.29. The van der Waals surface area contributed by atoms with E-state index in [9.17, 15) is 0 Å². The molecule has 0 bridgehead atoms. The molecule has 0 spiro atoms. The monoisotopic (exact) mass is 306 g/mol. The third kappa shape index (κ3) is 3.29. The highest BCUT2D eigenvalue weighted by atomic mass is 127. The zero-order valence-corrected chi connectivity index (χ0v) is 11.4. The highest BCUT2D eigenvalue weighted by Gasteiger charge is 2.07. The Morgan fingerprint density at radius 3 is 2.50 bits per heavy atom. The van der Waals surface area contributed by atoms with Gasteiger partial charge in [-0.05, 0) is 34.0 Å². The Labute approximate surface area is 92.5 Å². The van der Waals surface area contributed by atoms with Gasteiger partial charge in [-0.15, -0.1) is 16.9 Å². The van der Waals surface area contributed by atoms with Crippen molar-refractivity contribution in [2.75, 3.05) is 0 Å². The molecule has 0 saturated carbocycles. The van der Waals surface area contributed by atoms with Crippen LogP contribution in [0.3, 0.4) is 0 Å². The highest BCUT2D eigenvalue weighted by Crippen LogP contribution is 2.17. The third-order valence-corrected chi connectivity index (χ3v) is 4.14. The van der Waals surface area contributed by atoms with Gasteiger partial charge in [-0.1, -0.05) is 25.6 Å². The van der Waals surface area contributed by atoms with Gasteiger partial charge in [0, 0.05) is 3.57 Å². The van der Waals surface area contributed by atoms with Crippen LogP contribution in [0.4, 0.5) is 0 Å². The molecule has 0 atom stereocenters. The zero-order chi connectivity index (χ0) is 9.19. The van der Waals surface area contributed by atoms with E-state index in [0.29, 0.717) is 0 Å². The molecule has 0 fully saturated rings. The number of hydrogen-bond donors (Lipinski definition) is 0. The van der Waals surface area contributed by atoms with Crippen molar-refractivity contribution in [2.45, 2.75) is 19.6 Å². The molecule has 0 saturated heterocycles. The summed E-state index contributed by atoms with van der Waals surface area (Å²) in [5.41, 5.74) is 3.36. The molecular formula is C9H11ISSi. The Hall–Kier alpha value is 0.207. The van der Waals surface area contributed by atoms with Crippen LogP contribution in [0.25, 0.3) is 0 Å². The molecule has 1 heterocycles. The van der Waals surface area contributed by atoms with Crippen LogP contribution in [0.1, 0.15) is 4.88 Å². The molecule has 0 N–H and O–H groups in total. The Bertz CT molecular complexity index is 324. The summed E-state index contributed by atoms with van der Waals surface area (Å²) in [6, 6.07) is 2.11. The summed E-state index contributed by atoms with van der Waals surface area (Å²) in [5.74, 6) is 3.26. The van der Waals surface area contributed by atoms with Crippen LogP contribution in [-0.4, -0.2) is 8.07 Å². The maximum atomic E-state index is 3.36. The maximum absolute atomic E-state index is 3.36. The summed E-state index contributed by atoms with van der Waals surface area (Å²) < 4.78 is 1.28. The van der Waals surface area contributed by atoms with Crippen LogP contribution >= 0.6 is 33.9 Å². The first kappa shape index (κ1) is 10.3. The van der Waals surface area contributed by atoms with Gasteiger partial charge in [0.15, 0.2) is 0 Å². The van der Waals surface area contributed by atoms with E-state index in [0.717, 1.165) is 0 Å². The minimum atomic E-state index is -1.19. The van der Waals surface area contributed by atoms with Crippen molar-refractivity contribution in [2.24, 2.45) is 0 Å². The zero-order valence-electron chi connectivity index (χ0n) is 7.44. The van der Waals surface area contributed by atoms with Crippen molar-refractivity contribution in [3.8, 4) is 11.5 Å². The van der Waals surface area contributed by atoms with E-state index in [4.69, 9.17) is 0 Å². The number of halogens is 1. The van der Waals surface area contributed by atoms with Gasteiger partial charge in [0.2, 0.25) is 0 Å². The topological polar surface area (TPSA) is 0 Å². The molecule has 1 aromatic rings. The molecule has 1 aromatic heterocycles. The van der Waals surface area contributed by atoms with Gasteiger partial charge in [0.05, 0.1) is 4.88 Å². The van der Waals surface area contributed by atoms with Crippen LogP contribution < -0.4 is 0 Å². The van der Waals surface area contributed by atoms with Crippen LogP contribution in [0.5, 0.6) is 0 Å². The Kier molecular flexibility index (Phi) is 3.38. The van der Waals surface area contributed by atoms with Crippen molar-refractivity contribution in [3.63, 3.8) is 0 Å². The fourth-order valence-electron chi connectivity index (χ4n) is 0.627. The molecule has 12 heavy (non-hydrogen) atoms. The minimum Gasteiger partial charge on any atom is -0.134 e. The first-order valence-electron chi connectivity index (χ1n) is 3.75. The molecule has 3 heteroatoms. The standard InChI is InChI=1S/C9H11ISSi/c1-12(2,3)7-5-9-8(10)4-6-11-9/h4,6H,1-3H3. The van der Waals surface area contributed by atoms with Gasteiger partial charge in [-0.2, -0.15) is 0 Å². The summed E-state index contributed by atoms with van der Waals surface area (Å²) >= 11 is 4.06. The number of hydrogen-bond acceptors (Lipinski definition) is 1. The van der Waals surface area contributed by atoms with Gasteiger partial charge in [-0.25, -0.2) is 0 Å². The third-order valence-electron chi connectivity index (χ3n) is 1.17. The van der Waals surface area contributed by atoms with Gasteiger partial charge in [-0.3, -0.25) is 0 Å². The average molecular weight is 306 g/mol. The molecule has 0 aliphatic rings. The van der Waals surface area contributed by atoms with Gasteiger partial charge >= 0.3 is 0 Å². The first-order chi connectivity index (χ1) is 5.49. The fourth-order valence-corrected chi connectivity index (χ4v) is 2.79. The lowest BCUT2D eigenvalue weighted by Crippen LogP contribution is -2.16. The normalized spacial score (nSPS) is 10.7. The molecule has 0 aliphatic heterocycles. The lowest BCUT2D eigenvalue weighted by Gasteiger charge is -2.02. The molecule has 0 radical (unpaired) electrons. The second-order valence-electron chi connectivity index (χ2n) is 3.60. The molecule has 1 rings (SSSR count). The van der Waals surface area contributed by atoms with E-state index in [1.54, 1.807) is 11.3 Å². The minimum absolute atomic E-state index is 1.19. The van der Waals surface area contributed by atoms with E-state index < -0.39 is 8.07 Å². The fraction of sp³-hybridized carbons (Fsp3) is 0.333. The van der Waals surface area contributed by atoms with E-state index >= 15 is 0 Å². The predicted molar refractivity (Wildman–Crippen MR) is 67.3 cm³/mol. The van der Waals surface area contributed by atoms with Gasteiger partial charge in [0.25, 0.3) is 0 Å². The Balaban J connectivity index is 2.87. The lowest BCUT2D eigenvalue weighted by atomic mass is 10.5. The molecule has 0 unspecified atom stereocenters. The quantitative estimate of drug-likeness (QED) is 0.390. The van der Waals surface area contributed by atoms with Crippen LogP contribution in [0.2, 0.25) is 19.6 Å². The summed E-state index contributed by atoms with van der Waals surface area (Å²) in [7, 11) is -1.19. The van der Waals surface area contributed by atoms with Gasteiger partial charge in [0.1, 0.15) is 8.07 Å². The summed E-state index contributed by atoms with van der Waals surface area (Å²) in [5, 5.41) is 2.09. The number of thiophene rings is 1. The number of rotatable bonds is 0. The first-order valence-corrected chi connectivity index (χ1v) is 9.21. The van der Waals surface area contributed by atoms with E-state index in [1.807, 2.05) is 0 Å². The Morgan fingerprint density at radius 1 is 1.42 bits per heavy atom. The second kappa shape index (κ2) is 3.94. The van der Waals surface area contributed by atoms with Crippen LogP contribution in [0, 0.1) is 15.0 Å². The molecule has 64 valence electrons. The maximum Gasteiger partial charge on any atom is 0.129 e. The van der Waals surface area contributed by atoms with Crippen molar-refractivity contribution in [1.82, 2.24) is 0 Å². The van der Waals surface area contributed by atoms with Crippen molar-refractivity contribution in [1.29, 1.82) is 0 Å². The smallest absolute Gasteiger partial charge is 0.129 e. The summed E-state index contributed by atoms with van der Waals surface area (Å²) in [6.45, 7) is 6.79. The van der Waals surface area contributed by atoms with Crippen LogP contribution in [-0.2, 0) is 0 Å². The van der Waals surface area contributed by atoms with E-state index in [1.165, 1.54) is 8.45 Å². The van der Waals surface area contributed by atoms with Crippen molar-refractivity contribution < 1.29 is 0 Å². The second-order valence-corrected chi connectivity index (χ2v) is 10.4. The lowest BCUT2D eigenvalue weighted by molar-refractivity contribution is 1.79. The molecule has 0 aromatic carbocycles. The van der Waals surface area contributed by atoms with E-state index in [-0.39, 0.29) is 0 Å². The van der Waals surface area contributed by atoms with Crippen molar-refractivity contribution >= 4 is 42.0 Å². The highest BCUT2D eigenvalue weighted by molar-refractivity contribution is 14.1. The van der Waals surface area contributed by atoms with Gasteiger partial charge < -0.3 is 0 Å². The molecular weight excluding hydrogens is 295 g/mol. The Morgan fingerprint density at radius 2 is 2.08 bits per heavy atom. The van der Waals surface area contributed by atoms with Crippen molar-refractivity contribution in [3.05, 3.63) is 19.9 Å². The molecule has 0 amide bonds. The summed E-state index contributed by atoms with van der Waals surface area (Å²) in [6.07, 6.45) is 0. The summed E-state index contributed by atoms with van der Waals surface area (Å²) in [4.78, 5) is 1.22. The van der Waals surface area contributed by atoms with E-state index in [2.05, 4.69) is 65.1 Å². The predicted octanol–water partition coefficient (Wildman–Crippen LogP) is 3.58. The molecule has 0 nitrogen and oxygen atoms in total. The largest absolute Gasteiger partial charge is 0.134 e. The SMILES string of the molecule is C[Si](C)(C)C#Cc1sccc1I. The molecule has 0 aliphatic carbocycles.